The van der Waals surface area contributed by atoms with Gasteiger partial charge in [-0.1, -0.05) is 30.3 Å². The molecule has 1 N–H and O–H groups in total. The second kappa shape index (κ2) is 6.84. The Balaban J connectivity index is 1.95. The number of aromatic nitrogens is 2. The molecule has 0 aliphatic rings. The summed E-state index contributed by atoms with van der Waals surface area (Å²) >= 11 is 0. The zero-order valence-electron chi connectivity index (χ0n) is 13.8. The van der Waals surface area contributed by atoms with Crippen LogP contribution in [0.25, 0.3) is 5.65 Å². The number of nitrogens with zero attached hydrogens (tertiary/aromatic N) is 2. The fourth-order valence-electron chi connectivity index (χ4n) is 2.98. The molecule has 2 aromatic heterocycles. The van der Waals surface area contributed by atoms with Crippen molar-refractivity contribution >= 4 is 11.4 Å². The molecule has 3 rings (SSSR count). The van der Waals surface area contributed by atoms with E-state index >= 15 is 0 Å². The number of ether oxygens (including phenoxy) is 1. The average Bonchev–Trinajstić information content (AvgIpc) is 2.96. The molecule has 5 heteroatoms. The number of rotatable bonds is 6. The second-order valence-electron chi connectivity index (χ2n) is 5.73. The number of fused-ring (bicyclic) bond motifs is 1. The fourth-order valence-corrected chi connectivity index (χ4v) is 2.98. The number of aliphatic hydroxyl groups excluding tert-OH is 1. The van der Waals surface area contributed by atoms with Crippen molar-refractivity contribution in [2.45, 2.75) is 19.3 Å². The molecule has 2 heterocycles. The third kappa shape index (κ3) is 2.90. The van der Waals surface area contributed by atoms with Crippen molar-refractivity contribution in [2.75, 3.05) is 13.7 Å². The summed E-state index contributed by atoms with van der Waals surface area (Å²) in [5.41, 5.74) is 2.78. The molecule has 0 aliphatic heterocycles. The quantitative estimate of drug-likeness (QED) is 0.708. The summed E-state index contributed by atoms with van der Waals surface area (Å²) in [6.45, 7) is 1.74. The van der Waals surface area contributed by atoms with Crippen LogP contribution in [0.15, 0.2) is 48.7 Å². The highest BCUT2D eigenvalue weighted by Gasteiger charge is 2.22. The van der Waals surface area contributed by atoms with Crippen molar-refractivity contribution < 1.29 is 14.6 Å². The molecule has 24 heavy (non-hydrogen) atoms. The second-order valence-corrected chi connectivity index (χ2v) is 5.73. The van der Waals surface area contributed by atoms with Gasteiger partial charge in [0, 0.05) is 18.5 Å². The zero-order chi connectivity index (χ0) is 17.1. The van der Waals surface area contributed by atoms with E-state index in [1.165, 1.54) is 0 Å². The number of methoxy groups -OCH3 is 1. The van der Waals surface area contributed by atoms with E-state index in [2.05, 4.69) is 4.98 Å². The van der Waals surface area contributed by atoms with Gasteiger partial charge in [-0.3, -0.25) is 9.20 Å². The van der Waals surface area contributed by atoms with Crippen molar-refractivity contribution in [3.63, 3.8) is 0 Å². The SMILES string of the molecule is COc1cccn2c(C(=O)C[C@@H](CO)c3ccccc3)c(C)nc12. The van der Waals surface area contributed by atoms with E-state index < -0.39 is 0 Å². The smallest absolute Gasteiger partial charge is 0.182 e. The molecule has 0 amide bonds. The standard InChI is InChI=1S/C19H20N2O3/c1-13-18(21-10-6-9-17(24-2)19(21)20-13)16(23)11-15(12-22)14-7-4-3-5-8-14/h3-10,15,22H,11-12H2,1-2H3/t15-/m0/s1. The van der Waals surface area contributed by atoms with Crippen LogP contribution in [0.1, 0.15) is 34.1 Å². The van der Waals surface area contributed by atoms with E-state index in [0.717, 1.165) is 5.56 Å². The van der Waals surface area contributed by atoms with Crippen LogP contribution >= 0.6 is 0 Å². The maximum absolute atomic E-state index is 12.9. The topological polar surface area (TPSA) is 63.8 Å². The van der Waals surface area contributed by atoms with Gasteiger partial charge in [0.05, 0.1) is 19.4 Å². The molecule has 0 spiro atoms. The lowest BCUT2D eigenvalue weighted by Crippen LogP contribution is -2.13. The van der Waals surface area contributed by atoms with Gasteiger partial charge in [0.25, 0.3) is 0 Å². The minimum absolute atomic E-state index is 0.0452. The van der Waals surface area contributed by atoms with Crippen molar-refractivity contribution in [3.8, 4) is 5.75 Å². The van der Waals surface area contributed by atoms with Gasteiger partial charge in [-0.15, -0.1) is 0 Å². The maximum Gasteiger partial charge on any atom is 0.182 e. The summed E-state index contributed by atoms with van der Waals surface area (Å²) in [5.74, 6) is 0.354. The fraction of sp³-hybridized carbons (Fsp3) is 0.263. The number of hydrogen-bond acceptors (Lipinski definition) is 4. The number of imidazole rings is 1. The van der Waals surface area contributed by atoms with E-state index in [1.54, 1.807) is 11.5 Å². The van der Waals surface area contributed by atoms with E-state index in [-0.39, 0.29) is 24.7 Å². The zero-order valence-corrected chi connectivity index (χ0v) is 13.8. The first-order chi connectivity index (χ1) is 11.7. The molecule has 0 bridgehead atoms. The molecular weight excluding hydrogens is 304 g/mol. The lowest BCUT2D eigenvalue weighted by atomic mass is 9.93. The van der Waals surface area contributed by atoms with Crippen molar-refractivity contribution in [2.24, 2.45) is 0 Å². The summed E-state index contributed by atoms with van der Waals surface area (Å²) in [5, 5.41) is 9.70. The van der Waals surface area contributed by atoms with Crippen molar-refractivity contribution in [3.05, 3.63) is 65.6 Å². The van der Waals surface area contributed by atoms with Crippen LogP contribution in [0.4, 0.5) is 0 Å². The largest absolute Gasteiger partial charge is 0.493 e. The Morgan fingerprint density at radius 2 is 2.00 bits per heavy atom. The summed E-state index contributed by atoms with van der Waals surface area (Å²) in [7, 11) is 1.58. The molecule has 0 unspecified atom stereocenters. The first-order valence-electron chi connectivity index (χ1n) is 7.86. The highest BCUT2D eigenvalue weighted by molar-refractivity contribution is 5.97. The minimum atomic E-state index is -0.228. The van der Waals surface area contributed by atoms with Crippen LogP contribution < -0.4 is 4.74 Å². The number of carbonyl (C=O) groups is 1. The lowest BCUT2D eigenvalue weighted by molar-refractivity contribution is 0.0953. The summed E-state index contributed by atoms with van der Waals surface area (Å²) in [6.07, 6.45) is 2.04. The molecule has 1 atom stereocenters. The summed E-state index contributed by atoms with van der Waals surface area (Å²) in [6, 6.07) is 13.2. The van der Waals surface area contributed by atoms with Crippen LogP contribution in [0.3, 0.4) is 0 Å². The molecule has 3 aromatic rings. The number of pyridine rings is 1. The highest BCUT2D eigenvalue weighted by atomic mass is 16.5. The van der Waals surface area contributed by atoms with E-state index in [9.17, 15) is 9.90 Å². The Morgan fingerprint density at radius 1 is 1.25 bits per heavy atom. The number of carbonyl (C=O) groups excluding carboxylic acids is 1. The molecule has 0 saturated heterocycles. The molecule has 1 aromatic carbocycles. The Kier molecular flexibility index (Phi) is 4.62. The lowest BCUT2D eigenvalue weighted by Gasteiger charge is -2.14. The highest BCUT2D eigenvalue weighted by Crippen LogP contribution is 2.26. The van der Waals surface area contributed by atoms with Crippen LogP contribution in [0, 0.1) is 6.92 Å². The number of Topliss-reactive ketones (excluding diaryl/α,β-unsaturated/α-hetero) is 1. The minimum Gasteiger partial charge on any atom is -0.493 e. The van der Waals surface area contributed by atoms with E-state index in [4.69, 9.17) is 4.74 Å². The Hall–Kier alpha value is -2.66. The molecule has 124 valence electrons. The third-order valence-corrected chi connectivity index (χ3v) is 4.20. The van der Waals surface area contributed by atoms with Gasteiger partial charge in [0.1, 0.15) is 5.69 Å². The summed E-state index contributed by atoms with van der Waals surface area (Å²) < 4.78 is 7.07. The third-order valence-electron chi connectivity index (χ3n) is 4.20. The van der Waals surface area contributed by atoms with Gasteiger partial charge in [-0.05, 0) is 24.6 Å². The van der Waals surface area contributed by atoms with Gasteiger partial charge in [-0.25, -0.2) is 4.98 Å². The Bertz CT molecular complexity index is 856. The predicted octanol–water partition coefficient (Wildman–Crippen LogP) is 3.00. The summed E-state index contributed by atoms with van der Waals surface area (Å²) in [4.78, 5) is 17.3. The number of benzene rings is 1. The molecular formula is C19H20N2O3. The number of aliphatic hydroxyl groups is 1. The Labute approximate surface area is 140 Å². The first kappa shape index (κ1) is 16.2. The predicted molar refractivity (Wildman–Crippen MR) is 91.7 cm³/mol. The van der Waals surface area contributed by atoms with Crippen LogP contribution in [0.2, 0.25) is 0 Å². The molecule has 0 saturated carbocycles. The number of aryl methyl sites for hydroxylation is 1. The van der Waals surface area contributed by atoms with Gasteiger partial charge >= 0.3 is 0 Å². The molecule has 5 nitrogen and oxygen atoms in total. The van der Waals surface area contributed by atoms with Gasteiger partial charge in [0.2, 0.25) is 0 Å². The maximum atomic E-state index is 12.9. The van der Waals surface area contributed by atoms with Gasteiger partial charge in [-0.2, -0.15) is 0 Å². The average molecular weight is 324 g/mol. The van der Waals surface area contributed by atoms with Crippen molar-refractivity contribution in [1.29, 1.82) is 0 Å². The normalized spacial score (nSPS) is 12.3. The van der Waals surface area contributed by atoms with E-state index in [0.29, 0.717) is 22.8 Å². The number of ketones is 1. The molecule has 0 fully saturated rings. The molecule has 0 aliphatic carbocycles. The van der Waals surface area contributed by atoms with Gasteiger partial charge in [0.15, 0.2) is 17.2 Å². The van der Waals surface area contributed by atoms with Gasteiger partial charge < -0.3 is 9.84 Å². The Morgan fingerprint density at radius 3 is 2.67 bits per heavy atom. The first-order valence-corrected chi connectivity index (χ1v) is 7.86. The van der Waals surface area contributed by atoms with Crippen LogP contribution in [-0.4, -0.2) is 34.0 Å². The van der Waals surface area contributed by atoms with E-state index in [1.807, 2.05) is 55.6 Å². The number of hydrogen-bond donors (Lipinski definition) is 1. The molecule has 0 radical (unpaired) electrons. The van der Waals surface area contributed by atoms with Crippen LogP contribution in [-0.2, 0) is 0 Å². The monoisotopic (exact) mass is 324 g/mol. The van der Waals surface area contributed by atoms with Crippen molar-refractivity contribution in [1.82, 2.24) is 9.38 Å². The van der Waals surface area contributed by atoms with Crippen LogP contribution in [0.5, 0.6) is 5.75 Å².